The number of esters is 1. The van der Waals surface area contributed by atoms with Crippen LogP contribution in [0.25, 0.3) is 0 Å². The number of pyridine rings is 1. The first-order valence-corrected chi connectivity index (χ1v) is 9.21. The number of methoxy groups -OCH3 is 1. The number of aryl methyl sites for hydroxylation is 1. The SMILES string of the molecule is CCOC(=O)c1cn(CC)c2c(c1=O)CC(=Nc1ccc(OC)cc1)S2. The fourth-order valence-corrected chi connectivity index (χ4v) is 3.91. The van der Waals surface area contributed by atoms with Crippen molar-refractivity contribution in [3.05, 3.63) is 51.8 Å². The number of hydrogen-bond acceptors (Lipinski definition) is 6. The number of carbonyl (C=O) groups is 1. The van der Waals surface area contributed by atoms with Gasteiger partial charge in [-0.15, -0.1) is 0 Å². The Morgan fingerprint density at radius 3 is 2.62 bits per heavy atom. The van der Waals surface area contributed by atoms with Crippen LogP contribution in [0.1, 0.15) is 29.8 Å². The van der Waals surface area contributed by atoms with Gasteiger partial charge in [0.25, 0.3) is 0 Å². The topological polar surface area (TPSA) is 69.9 Å². The van der Waals surface area contributed by atoms with Crippen molar-refractivity contribution in [1.82, 2.24) is 4.57 Å². The van der Waals surface area contributed by atoms with Gasteiger partial charge in [-0.2, -0.15) is 0 Å². The highest BCUT2D eigenvalue weighted by atomic mass is 32.2. The van der Waals surface area contributed by atoms with Crippen LogP contribution in [-0.4, -0.2) is 29.3 Å². The molecule has 0 saturated heterocycles. The van der Waals surface area contributed by atoms with Gasteiger partial charge in [0.05, 0.1) is 29.5 Å². The number of hydrogen-bond donors (Lipinski definition) is 0. The molecule has 0 unspecified atom stereocenters. The van der Waals surface area contributed by atoms with E-state index in [1.54, 1.807) is 20.2 Å². The monoisotopic (exact) mass is 372 g/mol. The van der Waals surface area contributed by atoms with Crippen molar-refractivity contribution in [2.75, 3.05) is 13.7 Å². The number of rotatable bonds is 5. The summed E-state index contributed by atoms with van der Waals surface area (Å²) in [4.78, 5) is 29.4. The van der Waals surface area contributed by atoms with Crippen LogP contribution < -0.4 is 10.2 Å². The van der Waals surface area contributed by atoms with Gasteiger partial charge in [0.15, 0.2) is 0 Å². The minimum atomic E-state index is -0.576. The second kappa shape index (κ2) is 7.78. The molecule has 7 heteroatoms. The van der Waals surface area contributed by atoms with Crippen molar-refractivity contribution in [1.29, 1.82) is 0 Å². The zero-order chi connectivity index (χ0) is 18.7. The molecule has 0 aliphatic carbocycles. The third-order valence-electron chi connectivity index (χ3n) is 4.03. The van der Waals surface area contributed by atoms with E-state index >= 15 is 0 Å². The molecular formula is C19H20N2O4S. The average Bonchev–Trinajstić information content (AvgIpc) is 3.07. The molecule has 2 heterocycles. The smallest absolute Gasteiger partial charge is 0.343 e. The largest absolute Gasteiger partial charge is 0.497 e. The van der Waals surface area contributed by atoms with Crippen molar-refractivity contribution in [3.63, 3.8) is 0 Å². The number of benzene rings is 1. The molecule has 0 fully saturated rings. The first-order chi connectivity index (χ1) is 12.6. The molecule has 0 radical (unpaired) electrons. The number of thioether (sulfide) groups is 1. The Balaban J connectivity index is 1.96. The van der Waals surface area contributed by atoms with Crippen LogP contribution in [-0.2, 0) is 17.7 Å². The predicted molar refractivity (Wildman–Crippen MR) is 102 cm³/mol. The summed E-state index contributed by atoms with van der Waals surface area (Å²) < 4.78 is 12.1. The maximum Gasteiger partial charge on any atom is 0.343 e. The number of ether oxygens (including phenoxy) is 2. The Kier molecular flexibility index (Phi) is 5.46. The predicted octanol–water partition coefficient (Wildman–Crippen LogP) is 3.43. The van der Waals surface area contributed by atoms with Crippen LogP contribution >= 0.6 is 11.8 Å². The molecule has 1 aromatic carbocycles. The van der Waals surface area contributed by atoms with Gasteiger partial charge in [0, 0.05) is 24.7 Å². The highest BCUT2D eigenvalue weighted by Crippen LogP contribution is 2.34. The van der Waals surface area contributed by atoms with E-state index in [1.807, 2.05) is 35.8 Å². The summed E-state index contributed by atoms with van der Waals surface area (Å²) in [6.45, 7) is 4.58. The third-order valence-corrected chi connectivity index (χ3v) is 5.17. The van der Waals surface area contributed by atoms with Crippen molar-refractivity contribution in [2.24, 2.45) is 4.99 Å². The molecule has 0 atom stereocenters. The Morgan fingerprint density at radius 2 is 2.00 bits per heavy atom. The average molecular weight is 372 g/mol. The molecule has 0 amide bonds. The van der Waals surface area contributed by atoms with Crippen LogP contribution in [0.2, 0.25) is 0 Å². The molecule has 136 valence electrons. The lowest BCUT2D eigenvalue weighted by Crippen LogP contribution is -2.23. The van der Waals surface area contributed by atoms with Crippen LogP contribution in [0, 0.1) is 0 Å². The zero-order valence-electron chi connectivity index (χ0n) is 14.9. The van der Waals surface area contributed by atoms with E-state index in [2.05, 4.69) is 4.99 Å². The molecule has 1 aliphatic rings. The fourth-order valence-electron chi connectivity index (χ4n) is 2.73. The maximum absolute atomic E-state index is 12.7. The van der Waals surface area contributed by atoms with Gasteiger partial charge in [-0.3, -0.25) is 4.79 Å². The van der Waals surface area contributed by atoms with Gasteiger partial charge >= 0.3 is 5.97 Å². The van der Waals surface area contributed by atoms with E-state index in [-0.39, 0.29) is 17.6 Å². The normalized spacial score (nSPS) is 14.3. The summed E-state index contributed by atoms with van der Waals surface area (Å²) in [6.07, 6.45) is 2.00. The molecule has 3 rings (SSSR count). The first-order valence-electron chi connectivity index (χ1n) is 8.40. The lowest BCUT2D eigenvalue weighted by molar-refractivity contribution is 0.0523. The molecule has 0 saturated carbocycles. The van der Waals surface area contributed by atoms with Gasteiger partial charge in [-0.25, -0.2) is 9.79 Å². The molecule has 1 aromatic heterocycles. The quantitative estimate of drug-likeness (QED) is 0.752. The third kappa shape index (κ3) is 3.53. The Labute approximate surface area is 155 Å². The van der Waals surface area contributed by atoms with Crippen molar-refractivity contribution in [3.8, 4) is 5.75 Å². The summed E-state index contributed by atoms with van der Waals surface area (Å²) >= 11 is 1.47. The second-order valence-electron chi connectivity index (χ2n) is 5.64. The fraction of sp³-hybridized carbons (Fsp3) is 0.316. The Morgan fingerprint density at radius 1 is 1.27 bits per heavy atom. The van der Waals surface area contributed by atoms with E-state index in [4.69, 9.17) is 9.47 Å². The molecular weight excluding hydrogens is 352 g/mol. The standard InChI is InChI=1S/C19H20N2O4S/c1-4-21-11-15(19(23)25-5-2)17(22)14-10-16(26-18(14)21)20-12-6-8-13(24-3)9-7-12/h6-9,11H,4-5,10H2,1-3H3. The summed E-state index contributed by atoms with van der Waals surface area (Å²) in [5, 5.41) is 1.67. The van der Waals surface area contributed by atoms with E-state index < -0.39 is 5.97 Å². The minimum Gasteiger partial charge on any atom is -0.497 e. The van der Waals surface area contributed by atoms with Crippen molar-refractivity contribution < 1.29 is 14.3 Å². The van der Waals surface area contributed by atoms with E-state index in [0.29, 0.717) is 18.5 Å². The molecule has 0 N–H and O–H groups in total. The zero-order valence-corrected chi connectivity index (χ0v) is 15.8. The van der Waals surface area contributed by atoms with Gasteiger partial charge in [-0.05, 0) is 38.1 Å². The summed E-state index contributed by atoms with van der Waals surface area (Å²) in [6, 6.07) is 7.42. The highest BCUT2D eigenvalue weighted by Gasteiger charge is 2.27. The second-order valence-corrected chi connectivity index (χ2v) is 6.71. The summed E-state index contributed by atoms with van der Waals surface area (Å²) in [5.74, 6) is 0.189. The molecule has 2 aromatic rings. The number of nitrogens with zero attached hydrogens (tertiary/aromatic N) is 2. The van der Waals surface area contributed by atoms with Gasteiger partial charge in [-0.1, -0.05) is 11.8 Å². The van der Waals surface area contributed by atoms with Gasteiger partial charge in [0.1, 0.15) is 11.3 Å². The van der Waals surface area contributed by atoms with Gasteiger partial charge < -0.3 is 14.0 Å². The van der Waals surface area contributed by atoms with Gasteiger partial charge in [0.2, 0.25) is 5.43 Å². The maximum atomic E-state index is 12.7. The molecule has 0 spiro atoms. The van der Waals surface area contributed by atoms with E-state index in [9.17, 15) is 9.59 Å². The lowest BCUT2D eigenvalue weighted by Gasteiger charge is -2.11. The number of carbonyl (C=O) groups excluding carboxylic acids is 1. The van der Waals surface area contributed by atoms with Crippen LogP contribution in [0.15, 0.2) is 45.3 Å². The highest BCUT2D eigenvalue weighted by molar-refractivity contribution is 8.14. The van der Waals surface area contributed by atoms with Crippen LogP contribution in [0.5, 0.6) is 5.75 Å². The van der Waals surface area contributed by atoms with E-state index in [1.165, 1.54) is 11.8 Å². The van der Waals surface area contributed by atoms with E-state index in [0.717, 1.165) is 21.5 Å². The minimum absolute atomic E-state index is 0.0822. The van der Waals surface area contributed by atoms with Crippen LogP contribution in [0.3, 0.4) is 0 Å². The molecule has 0 bridgehead atoms. The number of aliphatic imine (C=N–C) groups is 1. The molecule has 6 nitrogen and oxygen atoms in total. The lowest BCUT2D eigenvalue weighted by atomic mass is 10.1. The number of fused-ring (bicyclic) bond motifs is 1. The van der Waals surface area contributed by atoms with Crippen molar-refractivity contribution >= 4 is 28.5 Å². The van der Waals surface area contributed by atoms with Crippen LogP contribution in [0.4, 0.5) is 5.69 Å². The molecule has 26 heavy (non-hydrogen) atoms. The number of aromatic nitrogens is 1. The Hall–Kier alpha value is -2.54. The van der Waals surface area contributed by atoms with Crippen molar-refractivity contribution in [2.45, 2.75) is 31.8 Å². The molecule has 1 aliphatic heterocycles. The summed E-state index contributed by atoms with van der Waals surface area (Å²) in [5.41, 5.74) is 1.21. The summed E-state index contributed by atoms with van der Waals surface area (Å²) in [7, 11) is 1.62. The Bertz CT molecular complexity index is 916. The first kappa shape index (κ1) is 18.3.